The van der Waals surface area contributed by atoms with Crippen molar-refractivity contribution in [1.29, 1.82) is 0 Å². The van der Waals surface area contributed by atoms with Crippen LogP contribution in [0, 0.1) is 0 Å². The Morgan fingerprint density at radius 1 is 0.974 bits per heavy atom. The molecule has 1 heterocycles. The number of methoxy groups -OCH3 is 2. The fourth-order valence-corrected chi connectivity index (χ4v) is 5.31. The highest BCUT2D eigenvalue weighted by Gasteiger charge is 2.39. The van der Waals surface area contributed by atoms with Gasteiger partial charge < -0.3 is 24.3 Å². The van der Waals surface area contributed by atoms with Crippen LogP contribution >= 0.6 is 15.9 Å². The van der Waals surface area contributed by atoms with Gasteiger partial charge in [-0.3, -0.25) is 0 Å². The molecule has 0 saturated heterocycles. The van der Waals surface area contributed by atoms with Gasteiger partial charge in [-0.05, 0) is 33.6 Å². The molecule has 0 aliphatic carbocycles. The van der Waals surface area contributed by atoms with E-state index < -0.39 is 11.5 Å². The van der Waals surface area contributed by atoms with E-state index in [2.05, 4.69) is 35.1 Å². The Balaban J connectivity index is 1.68. The summed E-state index contributed by atoms with van der Waals surface area (Å²) in [6.07, 6.45) is -0.0416. The monoisotopic (exact) mass is 585 g/mol. The fraction of sp³-hybridized carbons (Fsp3) is 0.345. The Kier molecular flexibility index (Phi) is 8.81. The molecule has 1 N–H and O–H groups in total. The lowest BCUT2D eigenvalue weighted by atomic mass is 9.74. The summed E-state index contributed by atoms with van der Waals surface area (Å²) in [6.45, 7) is 4.92. The van der Waals surface area contributed by atoms with Gasteiger partial charge in [0.15, 0.2) is 0 Å². The molecular weight excluding hydrogens is 554 g/mol. The van der Waals surface area contributed by atoms with Crippen LogP contribution in [0.25, 0.3) is 0 Å². The number of carbonyl (C=O) groups is 1. The quantitative estimate of drug-likeness (QED) is 0.166. The highest BCUT2D eigenvalue weighted by Crippen LogP contribution is 2.54. The second kappa shape index (κ2) is 12.1. The fourth-order valence-electron chi connectivity index (χ4n) is 4.68. The molecule has 1 aliphatic heterocycles. The minimum atomic E-state index is -0.535. The van der Waals surface area contributed by atoms with Gasteiger partial charge in [-0.1, -0.05) is 50.2 Å². The number of hydrogen-bond donors (Lipinski definition) is 1. The third kappa shape index (κ3) is 5.60. The molecule has 0 atom stereocenters. The minimum Gasteiger partial charge on any atom is -0.496 e. The zero-order chi connectivity index (χ0) is 27.3. The molecule has 0 aromatic heterocycles. The normalized spacial score (nSPS) is 13.1. The standard InChI is InChI=1S/C29H32BrNO7/c1-29(2)21-11-12-24(33-3)20(16-31-28(32)36-17-18-9-7-6-8-10-18)26(21)38-25-19(13-14-37-35-5)27(34-4)23(30)15-22(25)29/h6-12,15H,13-14,16-17H2,1-5H3,(H,31,32). The summed E-state index contributed by atoms with van der Waals surface area (Å²) >= 11 is 3.66. The van der Waals surface area contributed by atoms with Crippen LogP contribution in [-0.2, 0) is 39.5 Å². The van der Waals surface area contributed by atoms with Crippen LogP contribution in [0.3, 0.4) is 0 Å². The van der Waals surface area contributed by atoms with Crippen molar-refractivity contribution >= 4 is 22.0 Å². The first-order valence-corrected chi connectivity index (χ1v) is 13.0. The van der Waals surface area contributed by atoms with Gasteiger partial charge in [0.2, 0.25) is 0 Å². The summed E-state index contributed by atoms with van der Waals surface area (Å²) < 4.78 is 24.3. The van der Waals surface area contributed by atoms with Crippen LogP contribution in [0.5, 0.6) is 23.0 Å². The number of benzene rings is 3. The third-order valence-corrected chi connectivity index (χ3v) is 7.24. The van der Waals surface area contributed by atoms with Crippen LogP contribution in [-0.4, -0.2) is 34.0 Å². The van der Waals surface area contributed by atoms with Gasteiger partial charge in [0.1, 0.15) is 29.6 Å². The van der Waals surface area contributed by atoms with Crippen LogP contribution in [0.1, 0.15) is 41.7 Å². The van der Waals surface area contributed by atoms with Crippen molar-refractivity contribution < 1.29 is 33.5 Å². The molecule has 3 aromatic rings. The average molecular weight is 586 g/mol. The predicted octanol–water partition coefficient (Wildman–Crippen LogP) is 6.44. The Hall–Kier alpha value is -3.27. The third-order valence-electron chi connectivity index (χ3n) is 6.65. The molecule has 4 rings (SSSR count). The molecule has 8 nitrogen and oxygen atoms in total. The maximum absolute atomic E-state index is 12.5. The Labute approximate surface area is 231 Å². The highest BCUT2D eigenvalue weighted by molar-refractivity contribution is 9.10. The van der Waals surface area contributed by atoms with E-state index >= 15 is 0 Å². The highest BCUT2D eigenvalue weighted by atomic mass is 79.9. The lowest BCUT2D eigenvalue weighted by Gasteiger charge is -2.37. The topological polar surface area (TPSA) is 84.5 Å². The van der Waals surface area contributed by atoms with E-state index in [1.54, 1.807) is 14.2 Å². The molecule has 0 bridgehead atoms. The number of alkyl carbamates (subject to hydrolysis) is 1. The summed E-state index contributed by atoms with van der Waals surface area (Å²) in [4.78, 5) is 22.5. The number of ether oxygens (including phenoxy) is 4. The minimum absolute atomic E-state index is 0.154. The number of amides is 1. The Bertz CT molecular complexity index is 1290. The number of fused-ring (bicyclic) bond motifs is 2. The van der Waals surface area contributed by atoms with E-state index in [0.29, 0.717) is 41.6 Å². The van der Waals surface area contributed by atoms with E-state index in [0.717, 1.165) is 26.7 Å². The molecule has 1 aliphatic rings. The van der Waals surface area contributed by atoms with Crippen molar-refractivity contribution in [2.24, 2.45) is 0 Å². The van der Waals surface area contributed by atoms with Crippen LogP contribution in [0.4, 0.5) is 4.79 Å². The van der Waals surface area contributed by atoms with Crippen LogP contribution in [0.2, 0.25) is 0 Å². The molecule has 9 heteroatoms. The van der Waals surface area contributed by atoms with Gasteiger partial charge in [0.25, 0.3) is 0 Å². The van der Waals surface area contributed by atoms with Gasteiger partial charge in [0, 0.05) is 28.5 Å². The maximum Gasteiger partial charge on any atom is 0.407 e. The van der Waals surface area contributed by atoms with Crippen LogP contribution in [0.15, 0.2) is 53.0 Å². The van der Waals surface area contributed by atoms with Gasteiger partial charge in [-0.25, -0.2) is 14.6 Å². The van der Waals surface area contributed by atoms with E-state index in [-0.39, 0.29) is 13.2 Å². The second-order valence-electron chi connectivity index (χ2n) is 9.25. The number of hydrogen-bond acceptors (Lipinski definition) is 7. The van der Waals surface area contributed by atoms with Crippen molar-refractivity contribution in [3.8, 4) is 23.0 Å². The van der Waals surface area contributed by atoms with Gasteiger partial charge in [-0.2, -0.15) is 0 Å². The second-order valence-corrected chi connectivity index (χ2v) is 10.1. The number of rotatable bonds is 10. The molecule has 1 amide bonds. The number of nitrogens with one attached hydrogen (secondary N) is 1. The summed E-state index contributed by atoms with van der Waals surface area (Å²) in [5, 5.41) is 2.84. The summed E-state index contributed by atoms with van der Waals surface area (Å²) in [5.74, 6) is 2.57. The van der Waals surface area contributed by atoms with Crippen LogP contribution < -0.4 is 19.5 Å². The van der Waals surface area contributed by atoms with E-state index in [1.165, 1.54) is 7.11 Å². The Morgan fingerprint density at radius 2 is 1.71 bits per heavy atom. The average Bonchev–Trinajstić information content (AvgIpc) is 2.92. The smallest absolute Gasteiger partial charge is 0.407 e. The van der Waals surface area contributed by atoms with Crippen molar-refractivity contribution in [1.82, 2.24) is 5.32 Å². The van der Waals surface area contributed by atoms with Gasteiger partial charge in [0.05, 0.1) is 44.5 Å². The first-order valence-electron chi connectivity index (χ1n) is 12.2. The van der Waals surface area contributed by atoms with Crippen molar-refractivity contribution in [2.45, 2.75) is 38.8 Å². The SMILES string of the molecule is COOCCc1c(OC)c(Br)cc2c1Oc1c(ccc(OC)c1CNC(=O)OCc1ccccc1)C2(C)C. The molecular formula is C29H32BrNO7. The van der Waals surface area contributed by atoms with E-state index in [9.17, 15) is 4.79 Å². The van der Waals surface area contributed by atoms with Gasteiger partial charge in [-0.15, -0.1) is 0 Å². The lowest BCUT2D eigenvalue weighted by Crippen LogP contribution is -2.28. The molecule has 38 heavy (non-hydrogen) atoms. The van der Waals surface area contributed by atoms with E-state index in [1.807, 2.05) is 48.5 Å². The lowest BCUT2D eigenvalue weighted by molar-refractivity contribution is -0.271. The molecule has 0 radical (unpaired) electrons. The maximum atomic E-state index is 12.5. The molecule has 202 valence electrons. The molecule has 0 saturated carbocycles. The summed E-state index contributed by atoms with van der Waals surface area (Å²) in [7, 11) is 4.68. The molecule has 0 spiro atoms. The van der Waals surface area contributed by atoms with Crippen molar-refractivity contribution in [3.63, 3.8) is 0 Å². The number of carbonyl (C=O) groups excluding carboxylic acids is 1. The number of halogens is 1. The van der Waals surface area contributed by atoms with Crippen molar-refractivity contribution in [2.75, 3.05) is 27.9 Å². The van der Waals surface area contributed by atoms with Crippen molar-refractivity contribution in [3.05, 3.63) is 80.8 Å². The first kappa shape index (κ1) is 27.8. The van der Waals surface area contributed by atoms with Gasteiger partial charge >= 0.3 is 6.09 Å². The molecule has 0 fully saturated rings. The summed E-state index contributed by atoms with van der Waals surface area (Å²) in [5.41, 5.74) is 4.00. The largest absolute Gasteiger partial charge is 0.496 e. The molecule has 0 unspecified atom stereocenters. The van der Waals surface area contributed by atoms with E-state index in [4.69, 9.17) is 28.7 Å². The Morgan fingerprint density at radius 3 is 2.39 bits per heavy atom. The zero-order valence-electron chi connectivity index (χ0n) is 22.2. The zero-order valence-corrected chi connectivity index (χ0v) is 23.8. The first-order chi connectivity index (χ1) is 18.3. The predicted molar refractivity (Wildman–Crippen MR) is 146 cm³/mol. The summed E-state index contributed by atoms with van der Waals surface area (Å²) in [6, 6.07) is 15.4. The molecule has 3 aromatic carbocycles.